The summed E-state index contributed by atoms with van der Waals surface area (Å²) in [6, 6.07) is 4.91. The molecule has 0 saturated carbocycles. The predicted octanol–water partition coefficient (Wildman–Crippen LogP) is 1.85. The van der Waals surface area contributed by atoms with E-state index in [0.717, 1.165) is 12.1 Å². The van der Waals surface area contributed by atoms with Crippen molar-refractivity contribution in [2.24, 2.45) is 0 Å². The fraction of sp³-hybridized carbons (Fsp3) is 0.167. The fourth-order valence-corrected chi connectivity index (χ4v) is 0.911. The van der Waals surface area contributed by atoms with E-state index in [2.05, 4.69) is 11.3 Å². The zero-order valence-electron chi connectivity index (χ0n) is 9.23. The lowest BCUT2D eigenvalue weighted by Gasteiger charge is -2.05. The minimum Gasteiger partial charge on any atom is -0.450 e. The number of rotatable bonds is 4. The molecule has 0 heterocycles. The van der Waals surface area contributed by atoms with Gasteiger partial charge in [0, 0.05) is 5.57 Å². The molecule has 1 aromatic carbocycles. The molecule has 90 valence electrons. The van der Waals surface area contributed by atoms with Gasteiger partial charge in [0.05, 0.1) is 0 Å². The van der Waals surface area contributed by atoms with E-state index in [0.29, 0.717) is 0 Å². The summed E-state index contributed by atoms with van der Waals surface area (Å²) in [7, 11) is 0. The highest BCUT2D eigenvalue weighted by atomic mass is 19.1. The number of carbonyl (C=O) groups is 2. The van der Waals surface area contributed by atoms with Crippen LogP contribution in [0.3, 0.4) is 0 Å². The minimum absolute atomic E-state index is 0.183. The first kappa shape index (κ1) is 12.9. The summed E-state index contributed by atoms with van der Waals surface area (Å²) in [6.07, 6.45) is 0. The highest BCUT2D eigenvalue weighted by Gasteiger charge is 2.09. The topological polar surface area (TPSA) is 52.6 Å². The highest BCUT2D eigenvalue weighted by Crippen LogP contribution is 2.11. The van der Waals surface area contributed by atoms with Gasteiger partial charge in [0.2, 0.25) is 0 Å². The Morgan fingerprint density at radius 2 is 1.88 bits per heavy atom. The van der Waals surface area contributed by atoms with E-state index in [9.17, 15) is 14.0 Å². The highest BCUT2D eigenvalue weighted by molar-refractivity contribution is 5.88. The Morgan fingerprint density at radius 1 is 1.29 bits per heavy atom. The van der Waals surface area contributed by atoms with Gasteiger partial charge in [-0.15, -0.1) is 0 Å². The van der Waals surface area contributed by atoms with Gasteiger partial charge in [-0.05, 0) is 31.2 Å². The largest absolute Gasteiger partial charge is 0.450 e. The van der Waals surface area contributed by atoms with Crippen LogP contribution in [-0.4, -0.2) is 18.5 Å². The Kier molecular flexibility index (Phi) is 4.39. The van der Waals surface area contributed by atoms with Crippen molar-refractivity contribution >= 4 is 11.9 Å². The first-order valence-corrected chi connectivity index (χ1v) is 4.78. The van der Waals surface area contributed by atoms with Crippen LogP contribution in [0, 0.1) is 5.82 Å². The molecule has 5 heteroatoms. The second-order valence-electron chi connectivity index (χ2n) is 3.28. The average Bonchev–Trinajstić information content (AvgIpc) is 2.29. The molecule has 0 radical (unpaired) electrons. The van der Waals surface area contributed by atoms with Gasteiger partial charge in [-0.2, -0.15) is 0 Å². The third kappa shape index (κ3) is 4.46. The Balaban J connectivity index is 2.42. The van der Waals surface area contributed by atoms with Crippen molar-refractivity contribution in [3.05, 3.63) is 42.2 Å². The Labute approximate surface area is 97.6 Å². The molecular weight excluding hydrogens is 227 g/mol. The third-order valence-electron chi connectivity index (χ3n) is 1.71. The second-order valence-corrected chi connectivity index (χ2v) is 3.28. The van der Waals surface area contributed by atoms with Crippen molar-refractivity contribution in [3.63, 3.8) is 0 Å². The van der Waals surface area contributed by atoms with Gasteiger partial charge < -0.3 is 9.47 Å². The summed E-state index contributed by atoms with van der Waals surface area (Å²) in [5.41, 5.74) is 0.194. The molecule has 1 rings (SSSR count). The predicted molar refractivity (Wildman–Crippen MR) is 57.8 cm³/mol. The van der Waals surface area contributed by atoms with Crippen LogP contribution in [0.25, 0.3) is 0 Å². The molecule has 0 N–H and O–H groups in total. The second kappa shape index (κ2) is 5.79. The van der Waals surface area contributed by atoms with Crippen molar-refractivity contribution in [3.8, 4) is 5.75 Å². The van der Waals surface area contributed by atoms with Crippen LogP contribution in [0.2, 0.25) is 0 Å². The molecule has 0 fully saturated rings. The normalized spacial score (nSPS) is 9.53. The number of benzene rings is 1. The van der Waals surface area contributed by atoms with E-state index in [1.807, 2.05) is 0 Å². The molecule has 4 nitrogen and oxygen atoms in total. The van der Waals surface area contributed by atoms with Gasteiger partial charge >= 0.3 is 11.9 Å². The van der Waals surface area contributed by atoms with Crippen molar-refractivity contribution in [1.82, 2.24) is 0 Å². The standard InChI is InChI=1S/C12H11FO4/c1-8(2)12(15)16-7-11(14)17-10-5-3-9(13)4-6-10/h3-6H,1,7H2,2H3. The maximum Gasteiger partial charge on any atom is 0.349 e. The zero-order chi connectivity index (χ0) is 12.8. The molecule has 0 aliphatic carbocycles. The maximum atomic E-state index is 12.5. The van der Waals surface area contributed by atoms with Crippen LogP contribution >= 0.6 is 0 Å². The summed E-state index contributed by atoms with van der Waals surface area (Å²) < 4.78 is 21.9. The SMILES string of the molecule is C=C(C)C(=O)OCC(=O)Oc1ccc(F)cc1. The molecule has 0 saturated heterocycles. The average molecular weight is 238 g/mol. The molecule has 17 heavy (non-hydrogen) atoms. The molecular formula is C12H11FO4. The van der Waals surface area contributed by atoms with Crippen LogP contribution < -0.4 is 4.74 Å². The summed E-state index contributed by atoms with van der Waals surface area (Å²) in [5, 5.41) is 0. The third-order valence-corrected chi connectivity index (χ3v) is 1.71. The summed E-state index contributed by atoms with van der Waals surface area (Å²) >= 11 is 0. The van der Waals surface area contributed by atoms with Crippen molar-refractivity contribution < 1.29 is 23.5 Å². The van der Waals surface area contributed by atoms with E-state index in [-0.39, 0.29) is 11.3 Å². The molecule has 0 aliphatic heterocycles. The van der Waals surface area contributed by atoms with E-state index in [1.165, 1.54) is 19.1 Å². The van der Waals surface area contributed by atoms with E-state index < -0.39 is 24.4 Å². The van der Waals surface area contributed by atoms with Crippen molar-refractivity contribution in [1.29, 1.82) is 0 Å². The smallest absolute Gasteiger partial charge is 0.349 e. The van der Waals surface area contributed by atoms with Gasteiger partial charge in [0.1, 0.15) is 11.6 Å². The maximum absolute atomic E-state index is 12.5. The van der Waals surface area contributed by atoms with Crippen LogP contribution in [0.1, 0.15) is 6.92 Å². The van der Waals surface area contributed by atoms with Gasteiger partial charge in [0.25, 0.3) is 0 Å². The van der Waals surface area contributed by atoms with E-state index in [1.54, 1.807) is 0 Å². The molecule has 0 bridgehead atoms. The first-order chi connectivity index (χ1) is 7.99. The van der Waals surface area contributed by atoms with Crippen LogP contribution in [0.4, 0.5) is 4.39 Å². The van der Waals surface area contributed by atoms with Crippen LogP contribution in [0.5, 0.6) is 5.75 Å². The molecule has 1 aromatic rings. The molecule has 0 unspecified atom stereocenters. The molecule has 0 atom stereocenters. The number of halogens is 1. The van der Waals surface area contributed by atoms with Crippen LogP contribution in [0.15, 0.2) is 36.4 Å². The zero-order valence-corrected chi connectivity index (χ0v) is 9.23. The van der Waals surface area contributed by atoms with E-state index in [4.69, 9.17) is 4.74 Å². The minimum atomic E-state index is -0.744. The van der Waals surface area contributed by atoms with Gasteiger partial charge in [0.15, 0.2) is 6.61 Å². The lowest BCUT2D eigenvalue weighted by atomic mass is 10.3. The molecule has 0 spiro atoms. The lowest BCUT2D eigenvalue weighted by molar-refractivity contribution is -0.150. The summed E-state index contributed by atoms with van der Waals surface area (Å²) in [6.45, 7) is 4.31. The number of hydrogen-bond acceptors (Lipinski definition) is 4. The Morgan fingerprint density at radius 3 is 2.41 bits per heavy atom. The van der Waals surface area contributed by atoms with Crippen molar-refractivity contribution in [2.75, 3.05) is 6.61 Å². The van der Waals surface area contributed by atoms with Crippen molar-refractivity contribution in [2.45, 2.75) is 6.92 Å². The van der Waals surface area contributed by atoms with Gasteiger partial charge in [-0.1, -0.05) is 6.58 Å². The number of ether oxygens (including phenoxy) is 2. The fourth-order valence-electron chi connectivity index (χ4n) is 0.911. The molecule has 0 amide bonds. The Bertz CT molecular complexity index is 436. The molecule has 0 aliphatic rings. The summed E-state index contributed by atoms with van der Waals surface area (Å²) in [5.74, 6) is -1.66. The van der Waals surface area contributed by atoms with Gasteiger partial charge in [-0.3, -0.25) is 0 Å². The molecule has 0 aromatic heterocycles. The van der Waals surface area contributed by atoms with E-state index >= 15 is 0 Å². The quantitative estimate of drug-likeness (QED) is 0.456. The number of carbonyl (C=O) groups excluding carboxylic acids is 2. The monoisotopic (exact) mass is 238 g/mol. The van der Waals surface area contributed by atoms with Crippen LogP contribution in [-0.2, 0) is 14.3 Å². The first-order valence-electron chi connectivity index (χ1n) is 4.78. The lowest BCUT2D eigenvalue weighted by Crippen LogP contribution is -2.18. The summed E-state index contributed by atoms with van der Waals surface area (Å²) in [4.78, 5) is 22.2. The number of hydrogen-bond donors (Lipinski definition) is 0. The Hall–Kier alpha value is -2.17. The number of esters is 2. The van der Waals surface area contributed by atoms with Gasteiger partial charge in [-0.25, -0.2) is 14.0 Å².